The second-order valence-corrected chi connectivity index (χ2v) is 5.27. The Bertz CT molecular complexity index is 489. The summed E-state index contributed by atoms with van der Waals surface area (Å²) in [6.45, 7) is 7.05. The molecule has 3 heterocycles. The maximum absolute atomic E-state index is 12.1. The van der Waals surface area contributed by atoms with Crippen LogP contribution in [-0.2, 0) is 6.54 Å². The summed E-state index contributed by atoms with van der Waals surface area (Å²) in [5.74, 6) is 1.19. The summed E-state index contributed by atoms with van der Waals surface area (Å²) in [5, 5.41) is 3.47. The third-order valence-electron chi connectivity index (χ3n) is 3.98. The Morgan fingerprint density at radius 1 is 1.31 bits per heavy atom. The van der Waals surface area contributed by atoms with Gasteiger partial charge >= 0.3 is 0 Å². The molecule has 16 heavy (non-hydrogen) atoms. The fourth-order valence-electron chi connectivity index (χ4n) is 3.36. The van der Waals surface area contributed by atoms with E-state index >= 15 is 0 Å². The molecule has 2 bridgehead atoms. The molecule has 2 unspecified atom stereocenters. The SMILES string of the molecule is Cc1cc(C)c(=O)n2c1C1CNCC(C1)C2. The van der Waals surface area contributed by atoms with Crippen molar-refractivity contribution in [3.8, 4) is 0 Å². The highest BCUT2D eigenvalue weighted by atomic mass is 16.1. The van der Waals surface area contributed by atoms with Crippen molar-refractivity contribution >= 4 is 0 Å². The van der Waals surface area contributed by atoms with Gasteiger partial charge in [-0.25, -0.2) is 0 Å². The number of aryl methyl sites for hydroxylation is 2. The first-order valence-electron chi connectivity index (χ1n) is 6.08. The highest BCUT2D eigenvalue weighted by molar-refractivity contribution is 5.30. The van der Waals surface area contributed by atoms with Crippen LogP contribution < -0.4 is 10.9 Å². The Morgan fingerprint density at radius 2 is 2.12 bits per heavy atom. The van der Waals surface area contributed by atoms with Crippen LogP contribution in [0.5, 0.6) is 0 Å². The minimum absolute atomic E-state index is 0.220. The van der Waals surface area contributed by atoms with Gasteiger partial charge in [0.05, 0.1) is 0 Å². The summed E-state index contributed by atoms with van der Waals surface area (Å²) in [4.78, 5) is 12.1. The normalized spacial score (nSPS) is 27.6. The molecular formula is C13H18N2O. The van der Waals surface area contributed by atoms with Gasteiger partial charge in [-0.2, -0.15) is 0 Å². The van der Waals surface area contributed by atoms with Gasteiger partial charge in [0.25, 0.3) is 5.56 Å². The molecule has 1 fully saturated rings. The van der Waals surface area contributed by atoms with Crippen molar-refractivity contribution in [3.63, 3.8) is 0 Å². The fraction of sp³-hybridized carbons (Fsp3) is 0.615. The van der Waals surface area contributed by atoms with Crippen LogP contribution >= 0.6 is 0 Å². The first kappa shape index (κ1) is 10.1. The molecule has 2 atom stereocenters. The molecule has 86 valence electrons. The molecule has 0 aromatic carbocycles. The van der Waals surface area contributed by atoms with Gasteiger partial charge in [0.1, 0.15) is 0 Å². The molecule has 0 amide bonds. The Kier molecular flexibility index (Phi) is 2.18. The summed E-state index contributed by atoms with van der Waals surface area (Å²) < 4.78 is 2.03. The molecule has 3 heteroatoms. The van der Waals surface area contributed by atoms with Crippen LogP contribution in [0.25, 0.3) is 0 Å². The molecule has 2 aliphatic rings. The standard InChI is InChI=1S/C13H18N2O/c1-8-3-9(2)13(16)15-7-10-4-11(12(8)15)6-14-5-10/h3,10-11,14H,4-7H2,1-2H3. The van der Waals surface area contributed by atoms with Gasteiger partial charge in [-0.15, -0.1) is 0 Å². The van der Waals surface area contributed by atoms with E-state index in [4.69, 9.17) is 0 Å². The largest absolute Gasteiger partial charge is 0.316 e. The molecule has 0 spiro atoms. The minimum atomic E-state index is 0.220. The predicted octanol–water partition coefficient (Wildman–Crippen LogP) is 1.17. The van der Waals surface area contributed by atoms with Crippen LogP contribution in [0.4, 0.5) is 0 Å². The minimum Gasteiger partial charge on any atom is -0.316 e. The number of nitrogens with one attached hydrogen (secondary N) is 1. The highest BCUT2D eigenvalue weighted by Crippen LogP contribution is 2.33. The number of hydrogen-bond donors (Lipinski definition) is 1. The predicted molar refractivity (Wildman–Crippen MR) is 63.9 cm³/mol. The lowest BCUT2D eigenvalue weighted by Gasteiger charge is -2.38. The molecule has 1 aromatic rings. The molecule has 3 nitrogen and oxygen atoms in total. The van der Waals surface area contributed by atoms with Gasteiger partial charge in [-0.1, -0.05) is 0 Å². The van der Waals surface area contributed by atoms with Crippen molar-refractivity contribution in [2.75, 3.05) is 13.1 Å². The Hall–Kier alpha value is -1.09. The molecule has 1 saturated heterocycles. The quantitative estimate of drug-likeness (QED) is 0.709. The van der Waals surface area contributed by atoms with E-state index in [2.05, 4.69) is 12.2 Å². The summed E-state index contributed by atoms with van der Waals surface area (Å²) in [7, 11) is 0. The lowest BCUT2D eigenvalue weighted by atomic mass is 9.82. The Morgan fingerprint density at radius 3 is 2.94 bits per heavy atom. The number of nitrogens with zero attached hydrogens (tertiary/aromatic N) is 1. The second kappa shape index (κ2) is 3.45. The van der Waals surface area contributed by atoms with E-state index in [9.17, 15) is 4.79 Å². The second-order valence-electron chi connectivity index (χ2n) is 5.27. The molecule has 2 aliphatic heterocycles. The maximum atomic E-state index is 12.1. The van der Waals surface area contributed by atoms with E-state index in [0.29, 0.717) is 11.8 Å². The smallest absolute Gasteiger partial charge is 0.253 e. The van der Waals surface area contributed by atoms with Crippen molar-refractivity contribution in [3.05, 3.63) is 33.2 Å². The van der Waals surface area contributed by atoms with Gasteiger partial charge in [-0.3, -0.25) is 4.79 Å². The lowest BCUT2D eigenvalue weighted by Crippen LogP contribution is -2.45. The zero-order valence-corrected chi connectivity index (χ0v) is 9.92. The van der Waals surface area contributed by atoms with Crippen molar-refractivity contribution < 1.29 is 0 Å². The van der Waals surface area contributed by atoms with Crippen LogP contribution in [-0.4, -0.2) is 17.7 Å². The average molecular weight is 218 g/mol. The third kappa shape index (κ3) is 1.34. The number of pyridine rings is 1. The monoisotopic (exact) mass is 218 g/mol. The molecule has 0 saturated carbocycles. The van der Waals surface area contributed by atoms with Crippen LogP contribution in [0.15, 0.2) is 10.9 Å². The summed E-state index contributed by atoms with van der Waals surface area (Å²) in [5.41, 5.74) is 3.66. The Balaban J connectivity index is 2.23. The van der Waals surface area contributed by atoms with E-state index < -0.39 is 0 Å². The molecule has 1 N–H and O–H groups in total. The molecule has 1 aromatic heterocycles. The van der Waals surface area contributed by atoms with Crippen LogP contribution in [0, 0.1) is 19.8 Å². The van der Waals surface area contributed by atoms with E-state index in [1.807, 2.05) is 17.6 Å². The summed E-state index contributed by atoms with van der Waals surface area (Å²) in [6, 6.07) is 2.04. The van der Waals surface area contributed by atoms with Crippen LogP contribution in [0.1, 0.15) is 29.2 Å². The van der Waals surface area contributed by atoms with Gasteiger partial charge in [0, 0.05) is 30.3 Å². The van der Waals surface area contributed by atoms with Crippen molar-refractivity contribution in [1.29, 1.82) is 0 Å². The zero-order valence-electron chi connectivity index (χ0n) is 9.92. The van der Waals surface area contributed by atoms with Crippen LogP contribution in [0.3, 0.4) is 0 Å². The number of rotatable bonds is 0. The first-order valence-corrected chi connectivity index (χ1v) is 6.08. The van der Waals surface area contributed by atoms with E-state index in [0.717, 1.165) is 25.2 Å². The van der Waals surface area contributed by atoms with Crippen molar-refractivity contribution in [2.24, 2.45) is 5.92 Å². The topological polar surface area (TPSA) is 34.0 Å². The summed E-state index contributed by atoms with van der Waals surface area (Å²) in [6.07, 6.45) is 1.25. The highest BCUT2D eigenvalue weighted by Gasteiger charge is 2.32. The first-order chi connectivity index (χ1) is 7.66. The number of fused-ring (bicyclic) bond motifs is 4. The van der Waals surface area contributed by atoms with E-state index in [1.54, 1.807) is 0 Å². The van der Waals surface area contributed by atoms with Crippen LogP contribution in [0.2, 0.25) is 0 Å². The maximum Gasteiger partial charge on any atom is 0.253 e. The number of piperidine rings is 1. The van der Waals surface area contributed by atoms with E-state index in [-0.39, 0.29) is 5.56 Å². The van der Waals surface area contributed by atoms with E-state index in [1.165, 1.54) is 17.7 Å². The van der Waals surface area contributed by atoms with Crippen molar-refractivity contribution in [2.45, 2.75) is 32.7 Å². The van der Waals surface area contributed by atoms with Gasteiger partial charge in [-0.05, 0) is 44.4 Å². The molecule has 0 radical (unpaired) electrons. The average Bonchev–Trinajstić information content (AvgIpc) is 2.25. The molecule has 3 rings (SSSR count). The zero-order chi connectivity index (χ0) is 11.3. The Labute approximate surface area is 95.5 Å². The molecular weight excluding hydrogens is 200 g/mol. The number of hydrogen-bond acceptors (Lipinski definition) is 2. The van der Waals surface area contributed by atoms with Crippen molar-refractivity contribution in [1.82, 2.24) is 9.88 Å². The fourth-order valence-corrected chi connectivity index (χ4v) is 3.36. The number of aromatic nitrogens is 1. The molecule has 0 aliphatic carbocycles. The van der Waals surface area contributed by atoms with Gasteiger partial charge in [0.2, 0.25) is 0 Å². The van der Waals surface area contributed by atoms with Gasteiger partial charge < -0.3 is 9.88 Å². The van der Waals surface area contributed by atoms with Gasteiger partial charge in [0.15, 0.2) is 0 Å². The summed E-state index contributed by atoms with van der Waals surface area (Å²) >= 11 is 0. The lowest BCUT2D eigenvalue weighted by molar-refractivity contribution is 0.255. The third-order valence-corrected chi connectivity index (χ3v) is 3.98.